The highest BCUT2D eigenvalue weighted by Crippen LogP contribution is 2.37. The van der Waals surface area contributed by atoms with Crippen LogP contribution in [0.15, 0.2) is 30.3 Å². The van der Waals surface area contributed by atoms with Crippen molar-refractivity contribution in [3.8, 4) is 0 Å². The third-order valence-electron chi connectivity index (χ3n) is 3.41. The van der Waals surface area contributed by atoms with Gasteiger partial charge in [-0.1, -0.05) is 29.5 Å². The molecule has 1 aliphatic carbocycles. The van der Waals surface area contributed by atoms with E-state index in [1.807, 2.05) is 18.2 Å². The number of aryl methyl sites for hydroxylation is 1. The summed E-state index contributed by atoms with van der Waals surface area (Å²) in [4.78, 5) is 8.15. The number of rotatable bonds is 2. The molecule has 4 heteroatoms. The van der Waals surface area contributed by atoms with Crippen LogP contribution in [-0.4, -0.2) is 12.0 Å². The molecule has 1 aromatic carbocycles. The summed E-state index contributed by atoms with van der Waals surface area (Å²) in [6, 6.07) is 10.5. The first-order valence-corrected chi connectivity index (χ1v) is 7.11. The zero-order valence-corrected chi connectivity index (χ0v) is 11.3. The molecule has 18 heavy (non-hydrogen) atoms. The lowest BCUT2D eigenvalue weighted by atomic mass is 9.99. The van der Waals surface area contributed by atoms with Gasteiger partial charge in [-0.3, -0.25) is 0 Å². The Morgan fingerprint density at radius 2 is 2.11 bits per heavy atom. The van der Waals surface area contributed by atoms with Crippen molar-refractivity contribution >= 4 is 22.2 Å². The van der Waals surface area contributed by atoms with Crippen LogP contribution in [0.3, 0.4) is 0 Å². The van der Waals surface area contributed by atoms with E-state index in [1.54, 1.807) is 11.3 Å². The zero-order valence-electron chi connectivity index (χ0n) is 10.5. The zero-order chi connectivity index (χ0) is 12.5. The number of thiazole rings is 1. The normalized spacial score (nSPS) is 18.4. The van der Waals surface area contributed by atoms with E-state index in [2.05, 4.69) is 24.1 Å². The lowest BCUT2D eigenvalue weighted by molar-refractivity contribution is 0.573. The van der Waals surface area contributed by atoms with Gasteiger partial charge < -0.3 is 10.6 Å². The summed E-state index contributed by atoms with van der Waals surface area (Å²) in [5.74, 6) is 0. The molecule has 1 unspecified atom stereocenters. The van der Waals surface area contributed by atoms with Crippen molar-refractivity contribution in [3.05, 3.63) is 40.9 Å². The Labute approximate surface area is 111 Å². The third-order valence-corrected chi connectivity index (χ3v) is 4.72. The minimum absolute atomic E-state index is 0.184. The average Bonchev–Trinajstić information content (AvgIpc) is 2.84. The average molecular weight is 259 g/mol. The number of aromatic nitrogens is 1. The summed E-state index contributed by atoms with van der Waals surface area (Å²) in [6.07, 6.45) is 3.32. The van der Waals surface area contributed by atoms with Gasteiger partial charge in [0.05, 0.1) is 5.69 Å². The Balaban J connectivity index is 1.94. The highest BCUT2D eigenvalue weighted by Gasteiger charge is 2.23. The molecule has 0 saturated carbocycles. The highest BCUT2D eigenvalue weighted by atomic mass is 32.1. The summed E-state index contributed by atoms with van der Waals surface area (Å²) in [7, 11) is 2.06. The smallest absolute Gasteiger partial charge is 0.190 e. The molecule has 0 aliphatic heterocycles. The Hall–Kier alpha value is -1.39. The first-order chi connectivity index (χ1) is 8.75. The van der Waals surface area contributed by atoms with Gasteiger partial charge in [0, 0.05) is 23.7 Å². The van der Waals surface area contributed by atoms with Gasteiger partial charge in [0.15, 0.2) is 5.13 Å². The SMILES string of the molecule is CN(c1ccccc1)c1nc2c(s1)C(N)CCC2. The molecule has 0 radical (unpaired) electrons. The quantitative estimate of drug-likeness (QED) is 0.900. The number of hydrogen-bond acceptors (Lipinski definition) is 4. The van der Waals surface area contributed by atoms with Crippen molar-refractivity contribution < 1.29 is 0 Å². The Morgan fingerprint density at radius 1 is 1.33 bits per heavy atom. The third kappa shape index (κ3) is 2.02. The van der Waals surface area contributed by atoms with Crippen LogP contribution >= 0.6 is 11.3 Å². The predicted octanol–water partition coefficient (Wildman–Crippen LogP) is 3.25. The molecule has 1 heterocycles. The minimum atomic E-state index is 0.184. The second kappa shape index (κ2) is 4.71. The van der Waals surface area contributed by atoms with Crippen molar-refractivity contribution in [1.29, 1.82) is 0 Å². The summed E-state index contributed by atoms with van der Waals surface area (Å²) in [6.45, 7) is 0. The van der Waals surface area contributed by atoms with Crippen LogP contribution in [0.25, 0.3) is 0 Å². The Morgan fingerprint density at radius 3 is 2.83 bits per heavy atom. The molecule has 0 saturated heterocycles. The number of nitrogens with two attached hydrogens (primary N) is 1. The van der Waals surface area contributed by atoms with E-state index in [-0.39, 0.29) is 6.04 Å². The molecule has 0 fully saturated rings. The Bertz CT molecular complexity index is 535. The molecule has 3 nitrogen and oxygen atoms in total. The van der Waals surface area contributed by atoms with E-state index >= 15 is 0 Å². The maximum Gasteiger partial charge on any atom is 0.190 e. The fraction of sp³-hybridized carbons (Fsp3) is 0.357. The van der Waals surface area contributed by atoms with Gasteiger partial charge >= 0.3 is 0 Å². The standard InChI is InChI=1S/C14H17N3S/c1-17(10-6-3-2-4-7-10)14-16-12-9-5-8-11(15)13(12)18-14/h2-4,6-7,11H,5,8-9,15H2,1H3. The maximum absolute atomic E-state index is 6.15. The second-order valence-electron chi connectivity index (χ2n) is 4.70. The number of fused-ring (bicyclic) bond motifs is 1. The van der Waals surface area contributed by atoms with E-state index in [4.69, 9.17) is 10.7 Å². The van der Waals surface area contributed by atoms with Gasteiger partial charge in [-0.25, -0.2) is 4.98 Å². The van der Waals surface area contributed by atoms with Gasteiger partial charge in [0.25, 0.3) is 0 Å². The van der Waals surface area contributed by atoms with Crippen LogP contribution in [0, 0.1) is 0 Å². The molecule has 0 spiro atoms. The van der Waals surface area contributed by atoms with Crippen LogP contribution in [0.2, 0.25) is 0 Å². The number of hydrogen-bond donors (Lipinski definition) is 1. The van der Waals surface area contributed by atoms with Gasteiger partial charge in [0.1, 0.15) is 0 Å². The monoisotopic (exact) mass is 259 g/mol. The van der Waals surface area contributed by atoms with Crippen LogP contribution in [0.4, 0.5) is 10.8 Å². The molecule has 0 bridgehead atoms. The maximum atomic E-state index is 6.15. The molecule has 0 amide bonds. The predicted molar refractivity (Wildman–Crippen MR) is 76.5 cm³/mol. The van der Waals surface area contributed by atoms with Gasteiger partial charge in [-0.2, -0.15) is 0 Å². The number of nitrogens with zero attached hydrogens (tertiary/aromatic N) is 2. The van der Waals surface area contributed by atoms with E-state index in [1.165, 1.54) is 10.6 Å². The molecule has 2 N–H and O–H groups in total. The molecule has 1 aromatic heterocycles. The van der Waals surface area contributed by atoms with E-state index in [0.717, 1.165) is 30.1 Å². The first-order valence-electron chi connectivity index (χ1n) is 6.29. The van der Waals surface area contributed by atoms with Crippen molar-refractivity contribution in [2.24, 2.45) is 5.73 Å². The van der Waals surface area contributed by atoms with Crippen molar-refractivity contribution in [2.75, 3.05) is 11.9 Å². The lowest BCUT2D eigenvalue weighted by Crippen LogP contribution is -2.15. The first kappa shape index (κ1) is 11.7. The lowest BCUT2D eigenvalue weighted by Gasteiger charge is -2.15. The molecular weight excluding hydrogens is 242 g/mol. The van der Waals surface area contributed by atoms with Gasteiger partial charge in [-0.05, 0) is 31.4 Å². The number of anilines is 2. The van der Waals surface area contributed by atoms with Gasteiger partial charge in [-0.15, -0.1) is 0 Å². The van der Waals surface area contributed by atoms with Crippen LogP contribution in [-0.2, 0) is 6.42 Å². The van der Waals surface area contributed by atoms with Crippen LogP contribution < -0.4 is 10.6 Å². The van der Waals surface area contributed by atoms with Crippen molar-refractivity contribution in [1.82, 2.24) is 4.98 Å². The molecule has 1 aliphatic rings. The molecule has 3 rings (SSSR count). The summed E-state index contributed by atoms with van der Waals surface area (Å²) in [5, 5.41) is 1.04. The fourth-order valence-corrected chi connectivity index (χ4v) is 3.48. The topological polar surface area (TPSA) is 42.2 Å². The highest BCUT2D eigenvalue weighted by molar-refractivity contribution is 7.15. The molecular formula is C14H17N3S. The minimum Gasteiger partial charge on any atom is -0.323 e. The van der Waals surface area contributed by atoms with E-state index in [0.29, 0.717) is 0 Å². The largest absolute Gasteiger partial charge is 0.323 e. The second-order valence-corrected chi connectivity index (χ2v) is 5.71. The van der Waals surface area contributed by atoms with Gasteiger partial charge in [0.2, 0.25) is 0 Å². The molecule has 1 atom stereocenters. The summed E-state index contributed by atoms with van der Waals surface area (Å²) >= 11 is 1.74. The van der Waals surface area contributed by atoms with E-state index in [9.17, 15) is 0 Å². The van der Waals surface area contributed by atoms with Crippen molar-refractivity contribution in [3.63, 3.8) is 0 Å². The number of benzene rings is 1. The molecule has 94 valence electrons. The summed E-state index contributed by atoms with van der Waals surface area (Å²) in [5.41, 5.74) is 8.52. The molecule has 2 aromatic rings. The number of para-hydroxylation sites is 1. The van der Waals surface area contributed by atoms with Crippen LogP contribution in [0.5, 0.6) is 0 Å². The fourth-order valence-electron chi connectivity index (χ4n) is 2.35. The van der Waals surface area contributed by atoms with E-state index < -0.39 is 0 Å². The van der Waals surface area contributed by atoms with Crippen molar-refractivity contribution in [2.45, 2.75) is 25.3 Å². The summed E-state index contributed by atoms with van der Waals surface area (Å²) < 4.78 is 0. The Kier molecular flexibility index (Phi) is 3.06. The van der Waals surface area contributed by atoms with Crippen LogP contribution in [0.1, 0.15) is 29.5 Å².